The van der Waals surface area contributed by atoms with Gasteiger partial charge in [0.15, 0.2) is 0 Å². The number of carbonyl (C=O) groups excluding carboxylic acids is 1. The van der Waals surface area contributed by atoms with Crippen LogP contribution in [0.4, 0.5) is 5.69 Å². The monoisotopic (exact) mass is 311 g/mol. The van der Waals surface area contributed by atoms with Crippen LogP contribution < -0.4 is 0 Å². The molecule has 21 heavy (non-hydrogen) atoms. The van der Waals surface area contributed by atoms with Crippen molar-refractivity contribution in [2.45, 2.75) is 19.4 Å². The molecule has 1 saturated heterocycles. The van der Waals surface area contributed by atoms with Crippen LogP contribution in [-0.4, -0.2) is 52.9 Å². The molecular weight excluding hydrogens is 294 g/mol. The molecule has 1 aromatic carbocycles. The van der Waals surface area contributed by atoms with Crippen LogP contribution in [0.5, 0.6) is 0 Å². The van der Waals surface area contributed by atoms with Gasteiger partial charge in [0.25, 0.3) is 11.6 Å². The van der Waals surface area contributed by atoms with Crippen LogP contribution in [0.25, 0.3) is 0 Å². The van der Waals surface area contributed by atoms with Crippen molar-refractivity contribution in [1.29, 1.82) is 0 Å². The van der Waals surface area contributed by atoms with Crippen molar-refractivity contribution in [3.05, 3.63) is 38.9 Å². The largest absolute Gasteiger partial charge is 0.336 e. The van der Waals surface area contributed by atoms with E-state index in [2.05, 4.69) is 18.7 Å². The van der Waals surface area contributed by atoms with Crippen LogP contribution in [0.15, 0.2) is 18.2 Å². The van der Waals surface area contributed by atoms with E-state index >= 15 is 0 Å². The maximum Gasteiger partial charge on any atom is 0.287 e. The van der Waals surface area contributed by atoms with Gasteiger partial charge in [-0.3, -0.25) is 19.8 Å². The van der Waals surface area contributed by atoms with E-state index in [0.717, 1.165) is 6.54 Å². The zero-order valence-corrected chi connectivity index (χ0v) is 13.1. The second-order valence-electron chi connectivity index (χ2n) is 5.88. The number of amides is 1. The summed E-state index contributed by atoms with van der Waals surface area (Å²) in [6.07, 6.45) is 0. The molecule has 1 heterocycles. The summed E-state index contributed by atoms with van der Waals surface area (Å²) in [5, 5.41) is 10.7. The summed E-state index contributed by atoms with van der Waals surface area (Å²) in [5.74, 6) is -0.145. The highest BCUT2D eigenvalue weighted by Crippen LogP contribution is 2.26. The zero-order chi connectivity index (χ0) is 15.8. The number of benzene rings is 1. The highest BCUT2D eigenvalue weighted by Gasteiger charge is 2.33. The molecule has 0 bridgehead atoms. The fraction of sp³-hybridized carbons (Fsp3) is 0.500. The van der Waals surface area contributed by atoms with Gasteiger partial charge < -0.3 is 4.90 Å². The predicted molar refractivity (Wildman–Crippen MR) is 80.7 cm³/mol. The number of hydrogen-bond acceptors (Lipinski definition) is 4. The molecule has 0 radical (unpaired) electrons. The molecule has 1 amide bonds. The highest BCUT2D eigenvalue weighted by molar-refractivity contribution is 6.33. The van der Waals surface area contributed by atoms with Gasteiger partial charge in [-0.2, -0.15) is 0 Å². The summed E-state index contributed by atoms with van der Waals surface area (Å²) >= 11 is 5.87. The second kappa shape index (κ2) is 5.61. The number of nitrogens with zero attached hydrogens (tertiary/aromatic N) is 3. The quantitative estimate of drug-likeness (QED) is 0.621. The van der Waals surface area contributed by atoms with E-state index in [-0.39, 0.29) is 22.2 Å². The molecule has 7 heteroatoms. The molecule has 114 valence electrons. The van der Waals surface area contributed by atoms with E-state index in [9.17, 15) is 14.9 Å². The molecule has 0 N–H and O–H groups in total. The molecule has 0 unspecified atom stereocenters. The lowest BCUT2D eigenvalue weighted by atomic mass is 9.99. The third-order valence-electron chi connectivity index (χ3n) is 4.00. The molecule has 1 aliphatic rings. The molecule has 0 atom stereocenters. The van der Waals surface area contributed by atoms with Gasteiger partial charge in [-0.15, -0.1) is 0 Å². The second-order valence-corrected chi connectivity index (χ2v) is 6.29. The Labute approximate surface area is 128 Å². The molecule has 1 fully saturated rings. The number of nitro benzene ring substituents is 1. The highest BCUT2D eigenvalue weighted by atomic mass is 35.5. The third-order valence-corrected chi connectivity index (χ3v) is 4.30. The normalized spacial score (nSPS) is 18.6. The van der Waals surface area contributed by atoms with Gasteiger partial charge in [0.05, 0.1) is 4.92 Å². The van der Waals surface area contributed by atoms with Gasteiger partial charge in [0.2, 0.25) is 0 Å². The first-order valence-electron chi connectivity index (χ1n) is 6.67. The van der Waals surface area contributed by atoms with Crippen LogP contribution in [0.2, 0.25) is 5.02 Å². The number of piperazine rings is 1. The van der Waals surface area contributed by atoms with Gasteiger partial charge in [0, 0.05) is 36.8 Å². The number of hydrogen-bond donors (Lipinski definition) is 0. The molecule has 2 rings (SSSR count). The fourth-order valence-corrected chi connectivity index (χ4v) is 2.63. The summed E-state index contributed by atoms with van der Waals surface area (Å²) in [5.41, 5.74) is 0.0938. The average molecular weight is 312 g/mol. The first kappa shape index (κ1) is 15.7. The van der Waals surface area contributed by atoms with Crippen molar-refractivity contribution in [1.82, 2.24) is 9.80 Å². The predicted octanol–water partition coefficient (Wildman–Crippen LogP) is 2.41. The van der Waals surface area contributed by atoms with Gasteiger partial charge >= 0.3 is 0 Å². The molecular formula is C14H18ClN3O3. The Bertz CT molecular complexity index is 589. The number of nitro groups is 1. The molecule has 0 spiro atoms. The van der Waals surface area contributed by atoms with Gasteiger partial charge in [-0.05, 0) is 33.0 Å². The summed E-state index contributed by atoms with van der Waals surface area (Å²) in [6.45, 7) is 6.19. The topological polar surface area (TPSA) is 66.7 Å². The number of carbonyl (C=O) groups is 1. The Morgan fingerprint density at radius 3 is 2.57 bits per heavy atom. The minimum absolute atomic E-state index is 0.0146. The van der Waals surface area contributed by atoms with E-state index in [4.69, 9.17) is 11.6 Å². The van der Waals surface area contributed by atoms with Crippen LogP contribution in [0.1, 0.15) is 24.2 Å². The van der Waals surface area contributed by atoms with E-state index in [0.29, 0.717) is 18.7 Å². The summed E-state index contributed by atoms with van der Waals surface area (Å²) in [7, 11) is 2.03. The van der Waals surface area contributed by atoms with Crippen molar-refractivity contribution in [2.24, 2.45) is 0 Å². The van der Waals surface area contributed by atoms with E-state index in [1.807, 2.05) is 7.05 Å². The van der Waals surface area contributed by atoms with Gasteiger partial charge in [-0.25, -0.2) is 0 Å². The van der Waals surface area contributed by atoms with Gasteiger partial charge in [-0.1, -0.05) is 11.6 Å². The van der Waals surface area contributed by atoms with E-state index in [1.54, 1.807) is 4.90 Å². The first-order chi connectivity index (χ1) is 9.72. The standard InChI is InChI=1S/C14H18ClN3O3/c1-14(2)9-17(7-6-16(14)3)13(19)10-4-5-12(18(20)21)11(15)8-10/h4-5,8H,6-7,9H2,1-3H3. The van der Waals surface area contributed by atoms with E-state index in [1.165, 1.54) is 18.2 Å². The molecule has 0 saturated carbocycles. The lowest BCUT2D eigenvalue weighted by Crippen LogP contribution is -2.58. The fourth-order valence-electron chi connectivity index (χ4n) is 2.38. The van der Waals surface area contributed by atoms with Crippen LogP contribution in [0.3, 0.4) is 0 Å². The first-order valence-corrected chi connectivity index (χ1v) is 7.04. The lowest BCUT2D eigenvalue weighted by Gasteiger charge is -2.45. The number of halogens is 1. The maximum absolute atomic E-state index is 12.5. The van der Waals surface area contributed by atoms with Crippen molar-refractivity contribution in [2.75, 3.05) is 26.7 Å². The molecule has 0 aliphatic carbocycles. The maximum atomic E-state index is 12.5. The van der Waals surface area contributed by atoms with Gasteiger partial charge in [0.1, 0.15) is 5.02 Å². The number of rotatable bonds is 2. The molecule has 1 aliphatic heterocycles. The zero-order valence-electron chi connectivity index (χ0n) is 12.3. The van der Waals surface area contributed by atoms with Crippen LogP contribution >= 0.6 is 11.6 Å². The average Bonchev–Trinajstić information content (AvgIpc) is 2.40. The Morgan fingerprint density at radius 2 is 2.05 bits per heavy atom. The molecule has 1 aromatic rings. The van der Waals surface area contributed by atoms with Crippen LogP contribution in [0, 0.1) is 10.1 Å². The van der Waals surface area contributed by atoms with Crippen molar-refractivity contribution in [3.63, 3.8) is 0 Å². The summed E-state index contributed by atoms with van der Waals surface area (Å²) < 4.78 is 0. The summed E-state index contributed by atoms with van der Waals surface area (Å²) in [6, 6.07) is 4.10. The van der Waals surface area contributed by atoms with Crippen molar-refractivity contribution >= 4 is 23.2 Å². The lowest BCUT2D eigenvalue weighted by molar-refractivity contribution is -0.384. The van der Waals surface area contributed by atoms with E-state index < -0.39 is 4.92 Å². The summed E-state index contributed by atoms with van der Waals surface area (Å²) in [4.78, 5) is 26.7. The Hall–Kier alpha value is -1.66. The smallest absolute Gasteiger partial charge is 0.287 e. The van der Waals surface area contributed by atoms with Crippen LogP contribution in [-0.2, 0) is 0 Å². The minimum atomic E-state index is -0.560. The number of likely N-dealkylation sites (N-methyl/N-ethyl adjacent to an activating group) is 1. The Kier molecular flexibility index (Phi) is 4.20. The minimum Gasteiger partial charge on any atom is -0.336 e. The molecule has 6 nitrogen and oxygen atoms in total. The van der Waals surface area contributed by atoms with Crippen molar-refractivity contribution < 1.29 is 9.72 Å². The van der Waals surface area contributed by atoms with Crippen molar-refractivity contribution in [3.8, 4) is 0 Å². The molecule has 0 aromatic heterocycles. The third kappa shape index (κ3) is 3.16. The Balaban J connectivity index is 2.21. The Morgan fingerprint density at radius 1 is 1.38 bits per heavy atom. The SMILES string of the molecule is CN1CCN(C(=O)c2ccc([N+](=O)[O-])c(Cl)c2)CC1(C)C.